The number of methoxy groups -OCH3 is 1. The predicted molar refractivity (Wildman–Crippen MR) is 171 cm³/mol. The molecule has 11 nitrogen and oxygen atoms in total. The van der Waals surface area contributed by atoms with Crippen LogP contribution in [0.1, 0.15) is 24.3 Å². The van der Waals surface area contributed by atoms with Gasteiger partial charge in [0.2, 0.25) is 6.10 Å². The number of nitrogens with one attached hydrogen (secondary N) is 2. The molecule has 0 saturated carbocycles. The number of pyridine rings is 1. The maximum Gasteiger partial charge on any atom is 0.415 e. The van der Waals surface area contributed by atoms with Crippen molar-refractivity contribution in [3.8, 4) is 5.75 Å². The molecule has 254 valence electrons. The number of para-hydroxylation sites is 2. The van der Waals surface area contributed by atoms with E-state index in [1.165, 1.54) is 24.4 Å². The Morgan fingerprint density at radius 3 is 2.40 bits per heavy atom. The average Bonchev–Trinajstić information content (AvgIpc) is 3.57. The number of anilines is 3. The number of halogens is 4. The van der Waals surface area contributed by atoms with Gasteiger partial charge in [0.1, 0.15) is 17.4 Å². The first-order valence-corrected chi connectivity index (χ1v) is 15.6. The average molecular weight is 670 g/mol. The van der Waals surface area contributed by atoms with Gasteiger partial charge >= 0.3 is 12.2 Å². The van der Waals surface area contributed by atoms with Crippen molar-refractivity contribution in [1.29, 1.82) is 0 Å². The number of hydrogen-bond donors (Lipinski definition) is 2. The monoisotopic (exact) mass is 669 g/mol. The van der Waals surface area contributed by atoms with Crippen molar-refractivity contribution < 1.29 is 36.6 Å². The van der Waals surface area contributed by atoms with Gasteiger partial charge in [-0.1, -0.05) is 30.3 Å². The molecule has 1 aromatic heterocycles. The van der Waals surface area contributed by atoms with Crippen LogP contribution in [0.25, 0.3) is 0 Å². The van der Waals surface area contributed by atoms with Gasteiger partial charge in [-0.3, -0.25) is 4.79 Å². The van der Waals surface area contributed by atoms with E-state index in [1.807, 2.05) is 29.2 Å². The van der Waals surface area contributed by atoms with E-state index < -0.39 is 36.1 Å². The number of aromatic nitrogens is 1. The van der Waals surface area contributed by atoms with Crippen LogP contribution in [0.15, 0.2) is 71.9 Å². The summed E-state index contributed by atoms with van der Waals surface area (Å²) < 4.78 is 67.3. The number of ether oxygens (including phenoxy) is 2. The van der Waals surface area contributed by atoms with Gasteiger partial charge in [-0.25, -0.2) is 19.2 Å². The molecule has 4 heterocycles. The minimum atomic E-state index is -4.81. The van der Waals surface area contributed by atoms with E-state index in [9.17, 15) is 27.2 Å². The number of aliphatic imine (C=N–C) groups is 1. The van der Waals surface area contributed by atoms with Crippen LogP contribution in [0.2, 0.25) is 0 Å². The second kappa shape index (κ2) is 14.0. The molecule has 2 N–H and O–H groups in total. The number of nitrogens with zero attached hydrogens (tertiary/aromatic N) is 5. The van der Waals surface area contributed by atoms with Crippen molar-refractivity contribution in [3.05, 3.63) is 78.2 Å². The topological polar surface area (TPSA) is 112 Å². The summed E-state index contributed by atoms with van der Waals surface area (Å²) in [5.41, 5.74) is 1.24. The number of rotatable bonds is 6. The van der Waals surface area contributed by atoms with Gasteiger partial charge < -0.3 is 34.8 Å². The van der Waals surface area contributed by atoms with Crippen LogP contribution in [0.3, 0.4) is 0 Å². The number of urea groups is 1. The van der Waals surface area contributed by atoms with Gasteiger partial charge in [-0.05, 0) is 48.7 Å². The molecule has 0 radical (unpaired) electrons. The Hall–Kier alpha value is -5.08. The van der Waals surface area contributed by atoms with Gasteiger partial charge in [0.05, 0.1) is 24.7 Å². The zero-order valence-corrected chi connectivity index (χ0v) is 26.1. The number of likely N-dealkylation sites (tertiary alicyclic amines) is 1. The summed E-state index contributed by atoms with van der Waals surface area (Å²) in [7, 11) is 1.57. The van der Waals surface area contributed by atoms with E-state index in [-0.39, 0.29) is 23.3 Å². The molecule has 3 atom stereocenters. The fourth-order valence-corrected chi connectivity index (χ4v) is 6.16. The van der Waals surface area contributed by atoms with Gasteiger partial charge in [0.15, 0.2) is 6.04 Å². The number of piperidine rings is 1. The Bertz CT molecular complexity index is 1650. The molecule has 3 aromatic rings. The number of carbonyl (C=O) groups is 2. The largest absolute Gasteiger partial charge is 0.496 e. The fourth-order valence-electron chi connectivity index (χ4n) is 6.16. The third kappa shape index (κ3) is 7.24. The molecule has 3 unspecified atom stereocenters. The molecule has 6 rings (SSSR count). The number of amides is 3. The van der Waals surface area contributed by atoms with Crippen LogP contribution < -0.4 is 20.3 Å². The molecule has 2 fully saturated rings. The Morgan fingerprint density at radius 2 is 1.69 bits per heavy atom. The Balaban J connectivity index is 1.05. The molecule has 15 heteroatoms. The third-order valence-electron chi connectivity index (χ3n) is 8.65. The first-order valence-electron chi connectivity index (χ1n) is 15.6. The van der Waals surface area contributed by atoms with Crippen LogP contribution in [0, 0.1) is 5.82 Å². The summed E-state index contributed by atoms with van der Waals surface area (Å²) in [6, 6.07) is 13.6. The summed E-state index contributed by atoms with van der Waals surface area (Å²) >= 11 is 0. The van der Waals surface area contributed by atoms with Crippen molar-refractivity contribution in [3.63, 3.8) is 0 Å². The molecule has 48 heavy (non-hydrogen) atoms. The summed E-state index contributed by atoms with van der Waals surface area (Å²) in [5, 5.41) is 5.07. The van der Waals surface area contributed by atoms with Crippen molar-refractivity contribution in [2.75, 3.05) is 61.9 Å². The first-order chi connectivity index (χ1) is 23.1. The maximum absolute atomic E-state index is 14.1. The van der Waals surface area contributed by atoms with Crippen LogP contribution in [-0.2, 0) is 9.53 Å². The summed E-state index contributed by atoms with van der Waals surface area (Å²) in [4.78, 5) is 39.1. The smallest absolute Gasteiger partial charge is 0.415 e. The quantitative estimate of drug-likeness (QED) is 0.352. The third-order valence-corrected chi connectivity index (χ3v) is 8.65. The van der Waals surface area contributed by atoms with E-state index in [0.29, 0.717) is 57.3 Å². The van der Waals surface area contributed by atoms with E-state index in [2.05, 4.69) is 20.6 Å². The van der Waals surface area contributed by atoms with E-state index >= 15 is 0 Å². The summed E-state index contributed by atoms with van der Waals surface area (Å²) in [6.07, 6.45) is -3.84. The summed E-state index contributed by atoms with van der Waals surface area (Å²) in [6.45, 7) is 2.42. The second-order valence-corrected chi connectivity index (χ2v) is 11.7. The zero-order valence-electron chi connectivity index (χ0n) is 26.1. The highest BCUT2D eigenvalue weighted by Gasteiger charge is 2.54. The molecule has 3 amide bonds. The minimum absolute atomic E-state index is 0.0120. The molecule has 0 aliphatic carbocycles. The molecule has 0 spiro atoms. The van der Waals surface area contributed by atoms with Gasteiger partial charge in [-0.2, -0.15) is 13.2 Å². The Morgan fingerprint density at radius 1 is 0.938 bits per heavy atom. The number of benzene rings is 2. The molecule has 3 aliphatic rings. The van der Waals surface area contributed by atoms with Gasteiger partial charge in [-0.15, -0.1) is 0 Å². The van der Waals surface area contributed by atoms with Crippen molar-refractivity contribution in [2.24, 2.45) is 4.99 Å². The summed E-state index contributed by atoms with van der Waals surface area (Å²) in [5.74, 6) is -0.259. The van der Waals surface area contributed by atoms with Crippen LogP contribution in [0.5, 0.6) is 5.75 Å². The molecule has 0 bridgehead atoms. The van der Waals surface area contributed by atoms with E-state index in [1.54, 1.807) is 35.1 Å². The highest BCUT2D eigenvalue weighted by Crippen LogP contribution is 2.36. The van der Waals surface area contributed by atoms with E-state index in [4.69, 9.17) is 9.47 Å². The lowest BCUT2D eigenvalue weighted by Gasteiger charge is -2.35. The van der Waals surface area contributed by atoms with Crippen molar-refractivity contribution in [2.45, 2.75) is 37.1 Å². The van der Waals surface area contributed by atoms with Crippen LogP contribution >= 0.6 is 0 Å². The molecule has 2 aromatic carbocycles. The highest BCUT2D eigenvalue weighted by atomic mass is 19.4. The number of carbonyl (C=O) groups excluding carboxylic acids is 2. The lowest BCUT2D eigenvalue weighted by atomic mass is 9.90. The fraction of sp³-hybridized carbons (Fsp3) is 0.394. The van der Waals surface area contributed by atoms with Crippen molar-refractivity contribution >= 4 is 35.2 Å². The highest BCUT2D eigenvalue weighted by molar-refractivity contribution is 5.97. The molecule has 3 aliphatic heterocycles. The minimum Gasteiger partial charge on any atom is -0.496 e. The second-order valence-electron chi connectivity index (χ2n) is 11.7. The molecular formula is C33H35F4N7O4. The number of hydrogen-bond acceptors (Lipinski definition) is 8. The number of piperazine rings is 1. The standard InChI is InChI=1S/C33H35F4N7O4/c1-47-26-11-5-2-8-23(26)21-7-6-14-44(20-21)32-41-29(33(35,36)37)28(48-32)30(45)39-22-12-13-27(38-19-22)42-15-17-43(18-16-42)31(46)40-25-10-4-3-9-24(25)34/h2-5,8-13,19,21,28-29H,6-7,14-18,20H2,1H3,(H,39,45)(H,40,46). The molecule has 2 saturated heterocycles. The Labute approximate surface area is 274 Å². The number of amidine groups is 1. The van der Waals surface area contributed by atoms with E-state index in [0.717, 1.165) is 12.0 Å². The lowest BCUT2D eigenvalue weighted by molar-refractivity contribution is -0.165. The molecular weight excluding hydrogens is 634 g/mol. The number of alkyl halides is 3. The lowest BCUT2D eigenvalue weighted by Crippen LogP contribution is -2.50. The van der Waals surface area contributed by atoms with Crippen molar-refractivity contribution in [1.82, 2.24) is 14.8 Å². The normalized spacial score (nSPS) is 21.3. The van der Waals surface area contributed by atoms with Crippen LogP contribution in [0.4, 0.5) is 39.5 Å². The zero-order chi connectivity index (χ0) is 33.8. The SMILES string of the molecule is COc1ccccc1C1CCCN(C2=NC(C(F)(F)F)C(C(=O)Nc3ccc(N4CCN(C(=O)Nc5ccccc5F)CC4)nc3)O2)C1. The maximum atomic E-state index is 14.1. The first kappa shape index (κ1) is 32.8. The predicted octanol–water partition coefficient (Wildman–Crippen LogP) is 5.09. The van der Waals surface area contributed by atoms with Crippen LogP contribution in [-0.4, -0.2) is 97.4 Å². The van der Waals surface area contributed by atoms with Gasteiger partial charge in [0.25, 0.3) is 11.9 Å². The Kier molecular flexibility index (Phi) is 9.55. The van der Waals surface area contributed by atoms with Gasteiger partial charge in [0, 0.05) is 45.2 Å².